The Hall–Kier alpha value is -3.78. The van der Waals surface area contributed by atoms with Gasteiger partial charge in [0.05, 0.1) is 6.54 Å². The highest BCUT2D eigenvalue weighted by Crippen LogP contribution is 2.42. The van der Waals surface area contributed by atoms with Gasteiger partial charge in [0.25, 0.3) is 0 Å². The van der Waals surface area contributed by atoms with Crippen LogP contribution in [0.25, 0.3) is 0 Å². The number of hydrogen-bond acceptors (Lipinski definition) is 6. The van der Waals surface area contributed by atoms with Crippen molar-refractivity contribution in [1.82, 2.24) is 19.8 Å². The van der Waals surface area contributed by atoms with Gasteiger partial charge >= 0.3 is 0 Å². The molecule has 4 rings (SSSR count). The number of carbonyl (C=O) groups excluding carboxylic acids is 3. The van der Waals surface area contributed by atoms with E-state index >= 15 is 0 Å². The number of ketones is 2. The van der Waals surface area contributed by atoms with Crippen LogP contribution in [-0.2, 0) is 4.79 Å². The van der Waals surface area contributed by atoms with E-state index in [2.05, 4.69) is 9.97 Å². The smallest absolute Gasteiger partial charge is 0.236 e. The molecule has 0 spiro atoms. The van der Waals surface area contributed by atoms with E-state index in [1.165, 1.54) is 23.4 Å². The molecule has 3 heterocycles. The minimum Gasteiger partial charge on any atom is -0.348 e. The number of carbonyl (C=O) groups is 3. The fourth-order valence-electron chi connectivity index (χ4n) is 4.96. The molecule has 0 aliphatic carbocycles. The molecule has 1 aliphatic rings. The number of amides is 1. The number of Topliss-reactive ketones (excluding diaryl/α,β-unsaturated/α-hetero) is 2. The summed E-state index contributed by atoms with van der Waals surface area (Å²) in [6.07, 6.45) is 6.17. The quantitative estimate of drug-likeness (QED) is 0.474. The second-order valence-corrected chi connectivity index (χ2v) is 9.39. The van der Waals surface area contributed by atoms with Gasteiger partial charge in [0.2, 0.25) is 5.91 Å². The monoisotopic (exact) mass is 488 g/mol. The first-order chi connectivity index (χ1) is 17.3. The Morgan fingerprint density at radius 1 is 0.917 bits per heavy atom. The zero-order valence-corrected chi connectivity index (χ0v) is 20.6. The van der Waals surface area contributed by atoms with Crippen LogP contribution < -0.4 is 0 Å². The van der Waals surface area contributed by atoms with Crippen molar-refractivity contribution in [3.05, 3.63) is 95.3 Å². The summed E-state index contributed by atoms with van der Waals surface area (Å²) in [5, 5.41) is 0. The standard InChI is InChI=1S/C28H29FN4O3/c1-18-21(9-4-10-24(18)29)26-22(27(35)19-7-5-11-30-13-19)15-33(17-25(34)32(2)3)16-23(26)28(36)20-8-6-12-31-14-20/h4-14,22-23,26H,15-17H2,1-3H3/t22-,23+,26-. The van der Waals surface area contributed by atoms with Gasteiger partial charge in [0.1, 0.15) is 5.82 Å². The molecule has 36 heavy (non-hydrogen) atoms. The summed E-state index contributed by atoms with van der Waals surface area (Å²) < 4.78 is 14.7. The van der Waals surface area contributed by atoms with E-state index in [1.807, 2.05) is 4.90 Å². The number of piperidine rings is 1. The zero-order chi connectivity index (χ0) is 25.8. The molecule has 0 radical (unpaired) electrons. The lowest BCUT2D eigenvalue weighted by atomic mass is 9.68. The van der Waals surface area contributed by atoms with Gasteiger partial charge in [-0.2, -0.15) is 0 Å². The Kier molecular flexibility index (Phi) is 7.64. The molecular formula is C28H29FN4O3. The first-order valence-electron chi connectivity index (χ1n) is 11.8. The summed E-state index contributed by atoms with van der Waals surface area (Å²) in [7, 11) is 3.34. The molecule has 7 nitrogen and oxygen atoms in total. The van der Waals surface area contributed by atoms with Gasteiger partial charge in [-0.05, 0) is 48.4 Å². The average Bonchev–Trinajstić information content (AvgIpc) is 2.90. The molecule has 186 valence electrons. The number of pyridine rings is 2. The fraction of sp³-hybridized carbons (Fsp3) is 0.321. The molecule has 0 unspecified atom stereocenters. The predicted octanol–water partition coefficient (Wildman–Crippen LogP) is 3.41. The van der Waals surface area contributed by atoms with Crippen molar-refractivity contribution in [3.8, 4) is 0 Å². The lowest BCUT2D eigenvalue weighted by Crippen LogP contribution is -2.52. The lowest BCUT2D eigenvalue weighted by Gasteiger charge is -2.43. The molecule has 1 amide bonds. The van der Waals surface area contributed by atoms with E-state index < -0.39 is 23.6 Å². The van der Waals surface area contributed by atoms with Crippen molar-refractivity contribution in [2.75, 3.05) is 33.7 Å². The van der Waals surface area contributed by atoms with Crippen molar-refractivity contribution >= 4 is 17.5 Å². The Morgan fingerprint density at radius 3 is 1.94 bits per heavy atom. The zero-order valence-electron chi connectivity index (χ0n) is 20.6. The molecule has 1 fully saturated rings. The first-order valence-corrected chi connectivity index (χ1v) is 11.8. The maximum Gasteiger partial charge on any atom is 0.236 e. The Labute approximate surface area is 210 Å². The maximum atomic E-state index is 14.7. The van der Waals surface area contributed by atoms with E-state index in [1.54, 1.807) is 69.8 Å². The summed E-state index contributed by atoms with van der Waals surface area (Å²) in [5.74, 6) is -2.88. The van der Waals surface area contributed by atoms with Crippen LogP contribution >= 0.6 is 0 Å². The van der Waals surface area contributed by atoms with Crippen LogP contribution in [0.3, 0.4) is 0 Å². The molecule has 8 heteroatoms. The third-order valence-electron chi connectivity index (χ3n) is 6.87. The van der Waals surface area contributed by atoms with Gasteiger partial charge < -0.3 is 4.90 Å². The Bertz CT molecular complexity index is 1190. The van der Waals surface area contributed by atoms with E-state index in [-0.39, 0.29) is 37.1 Å². The SMILES string of the molecule is Cc1c(F)cccc1[C@H]1[C@@H](C(=O)c2cccnc2)CN(CC(=O)N(C)C)C[C@H]1C(=O)c1cccnc1. The number of rotatable bonds is 7. The molecule has 1 saturated heterocycles. The number of nitrogens with zero attached hydrogens (tertiary/aromatic N) is 4. The van der Waals surface area contributed by atoms with Crippen LogP contribution in [-0.4, -0.2) is 71.0 Å². The lowest BCUT2D eigenvalue weighted by molar-refractivity contribution is -0.130. The van der Waals surface area contributed by atoms with Gasteiger partial charge in [-0.1, -0.05) is 12.1 Å². The highest BCUT2D eigenvalue weighted by Gasteiger charge is 2.46. The third-order valence-corrected chi connectivity index (χ3v) is 6.87. The third kappa shape index (κ3) is 5.23. The molecule has 0 saturated carbocycles. The topological polar surface area (TPSA) is 83.5 Å². The number of halogens is 1. The van der Waals surface area contributed by atoms with E-state index in [0.717, 1.165) is 0 Å². The van der Waals surface area contributed by atoms with E-state index in [4.69, 9.17) is 0 Å². The van der Waals surface area contributed by atoms with Crippen LogP contribution in [0.5, 0.6) is 0 Å². The van der Waals surface area contributed by atoms with Crippen LogP contribution in [0.2, 0.25) is 0 Å². The Balaban J connectivity index is 1.85. The van der Waals surface area contributed by atoms with Gasteiger partial charge in [0, 0.05) is 80.9 Å². The second kappa shape index (κ2) is 10.9. The van der Waals surface area contributed by atoms with E-state index in [0.29, 0.717) is 22.3 Å². The summed E-state index contributed by atoms with van der Waals surface area (Å²) in [4.78, 5) is 51.9. The van der Waals surface area contributed by atoms with Crippen molar-refractivity contribution < 1.29 is 18.8 Å². The minimum atomic E-state index is -0.691. The minimum absolute atomic E-state index is 0.0650. The summed E-state index contributed by atoms with van der Waals surface area (Å²) >= 11 is 0. The van der Waals surface area contributed by atoms with Gasteiger partial charge in [-0.15, -0.1) is 0 Å². The number of hydrogen-bond donors (Lipinski definition) is 0. The van der Waals surface area contributed by atoms with Crippen LogP contribution in [0, 0.1) is 24.6 Å². The van der Waals surface area contributed by atoms with Crippen LogP contribution in [0.1, 0.15) is 37.8 Å². The molecule has 0 N–H and O–H groups in total. The fourth-order valence-corrected chi connectivity index (χ4v) is 4.96. The van der Waals surface area contributed by atoms with Gasteiger partial charge in [0.15, 0.2) is 11.6 Å². The summed E-state index contributed by atoms with van der Waals surface area (Å²) in [5.41, 5.74) is 1.86. The molecule has 0 bridgehead atoms. The van der Waals surface area contributed by atoms with Crippen LogP contribution in [0.4, 0.5) is 4.39 Å². The van der Waals surface area contributed by atoms with Crippen molar-refractivity contribution in [1.29, 1.82) is 0 Å². The predicted molar refractivity (Wildman–Crippen MR) is 133 cm³/mol. The largest absolute Gasteiger partial charge is 0.348 e. The van der Waals surface area contributed by atoms with Crippen LogP contribution in [0.15, 0.2) is 67.3 Å². The molecule has 2 aromatic heterocycles. The normalized spacial score (nSPS) is 20.1. The number of likely N-dealkylation sites (tertiary alicyclic amines) is 1. The number of likely N-dealkylation sites (N-methyl/N-ethyl adjacent to an activating group) is 1. The maximum absolute atomic E-state index is 14.7. The Morgan fingerprint density at radius 2 is 1.47 bits per heavy atom. The number of aromatic nitrogens is 2. The molecule has 3 aromatic rings. The average molecular weight is 489 g/mol. The number of benzene rings is 1. The van der Waals surface area contributed by atoms with Gasteiger partial charge in [-0.3, -0.25) is 29.3 Å². The molecular weight excluding hydrogens is 459 g/mol. The summed E-state index contributed by atoms with van der Waals surface area (Å²) in [6.45, 7) is 2.24. The van der Waals surface area contributed by atoms with Crippen molar-refractivity contribution in [2.24, 2.45) is 11.8 Å². The molecule has 3 atom stereocenters. The molecule has 1 aromatic carbocycles. The van der Waals surface area contributed by atoms with Gasteiger partial charge in [-0.25, -0.2) is 4.39 Å². The second-order valence-electron chi connectivity index (χ2n) is 9.39. The summed E-state index contributed by atoms with van der Waals surface area (Å²) in [6, 6.07) is 11.5. The van der Waals surface area contributed by atoms with E-state index in [9.17, 15) is 18.8 Å². The van der Waals surface area contributed by atoms with Crippen molar-refractivity contribution in [2.45, 2.75) is 12.8 Å². The molecule has 1 aliphatic heterocycles. The van der Waals surface area contributed by atoms with Crippen molar-refractivity contribution in [3.63, 3.8) is 0 Å². The highest BCUT2D eigenvalue weighted by molar-refractivity contribution is 6.02. The highest BCUT2D eigenvalue weighted by atomic mass is 19.1. The first kappa shape index (κ1) is 25.3.